The number of fused-ring (bicyclic) bond motifs is 3. The van der Waals surface area contributed by atoms with Crippen LogP contribution < -0.4 is 0 Å². The molecule has 6 rings (SSSR count). The summed E-state index contributed by atoms with van der Waals surface area (Å²) in [5.74, 6) is 0. The molecule has 5 aromatic carbocycles. The number of aromatic nitrogens is 1. The molecule has 0 saturated carbocycles. The zero-order valence-corrected chi connectivity index (χ0v) is 18.9. The van der Waals surface area contributed by atoms with Crippen LogP contribution >= 0.6 is 0 Å². The molecule has 2 heteroatoms. The Morgan fingerprint density at radius 3 is 1.94 bits per heavy atom. The average Bonchev–Trinajstić information content (AvgIpc) is 3.22. The maximum absolute atomic E-state index is 9.59. The van der Waals surface area contributed by atoms with Gasteiger partial charge in [0.1, 0.15) is 0 Å². The van der Waals surface area contributed by atoms with E-state index in [-0.39, 0.29) is 0 Å². The fourth-order valence-corrected chi connectivity index (χ4v) is 4.86. The standard InChI is InChI=1S/C32H22N2/c1-22-12-15-31-28(18-22)29-20-26(24-8-4-2-5-9-24)14-17-32(29)34(31)30-16-13-23(21-33)19-27(30)25-10-6-3-7-11-25/h2-20H,1H3. The minimum absolute atomic E-state index is 0.658. The van der Waals surface area contributed by atoms with Crippen LogP contribution in [0, 0.1) is 18.3 Å². The van der Waals surface area contributed by atoms with E-state index in [0.29, 0.717) is 5.56 Å². The van der Waals surface area contributed by atoms with E-state index in [1.807, 2.05) is 36.4 Å². The molecule has 0 aliphatic rings. The molecule has 0 N–H and O–H groups in total. The predicted molar refractivity (Wildman–Crippen MR) is 141 cm³/mol. The normalized spacial score (nSPS) is 11.1. The van der Waals surface area contributed by atoms with Crippen LogP contribution in [-0.2, 0) is 0 Å². The Kier molecular flexibility index (Phi) is 4.75. The first-order valence-electron chi connectivity index (χ1n) is 11.4. The van der Waals surface area contributed by atoms with E-state index in [9.17, 15) is 5.26 Å². The number of nitrogens with zero attached hydrogens (tertiary/aromatic N) is 2. The minimum atomic E-state index is 0.658. The van der Waals surface area contributed by atoms with Crippen LogP contribution in [0.1, 0.15) is 11.1 Å². The molecular weight excluding hydrogens is 412 g/mol. The smallest absolute Gasteiger partial charge is 0.0991 e. The number of hydrogen-bond acceptors (Lipinski definition) is 1. The van der Waals surface area contributed by atoms with Crippen molar-refractivity contribution in [3.05, 3.63) is 126 Å². The lowest BCUT2D eigenvalue weighted by Crippen LogP contribution is -1.98. The van der Waals surface area contributed by atoms with Gasteiger partial charge in [-0.25, -0.2) is 0 Å². The van der Waals surface area contributed by atoms with E-state index in [1.165, 1.54) is 27.5 Å². The summed E-state index contributed by atoms with van der Waals surface area (Å²) < 4.78 is 2.34. The van der Waals surface area contributed by atoms with Crippen molar-refractivity contribution in [1.82, 2.24) is 4.57 Å². The van der Waals surface area contributed by atoms with Crippen molar-refractivity contribution >= 4 is 21.8 Å². The van der Waals surface area contributed by atoms with E-state index in [1.54, 1.807) is 0 Å². The van der Waals surface area contributed by atoms with Crippen LogP contribution in [-0.4, -0.2) is 4.57 Å². The molecule has 0 aliphatic carbocycles. The van der Waals surface area contributed by atoms with E-state index >= 15 is 0 Å². The Morgan fingerprint density at radius 1 is 0.588 bits per heavy atom. The molecule has 34 heavy (non-hydrogen) atoms. The molecule has 1 aromatic heterocycles. The first kappa shape index (κ1) is 20.0. The van der Waals surface area contributed by atoms with Gasteiger partial charge in [0.25, 0.3) is 0 Å². The topological polar surface area (TPSA) is 28.7 Å². The number of rotatable bonds is 3. The number of benzene rings is 5. The average molecular weight is 435 g/mol. The molecule has 0 atom stereocenters. The van der Waals surface area contributed by atoms with Gasteiger partial charge in [-0.15, -0.1) is 0 Å². The second kappa shape index (κ2) is 8.06. The highest BCUT2D eigenvalue weighted by molar-refractivity contribution is 6.11. The summed E-state index contributed by atoms with van der Waals surface area (Å²) in [4.78, 5) is 0. The second-order valence-electron chi connectivity index (χ2n) is 8.66. The van der Waals surface area contributed by atoms with Gasteiger partial charge in [0.05, 0.1) is 28.4 Å². The number of hydrogen-bond donors (Lipinski definition) is 0. The fourth-order valence-electron chi connectivity index (χ4n) is 4.86. The fraction of sp³-hybridized carbons (Fsp3) is 0.0312. The predicted octanol–water partition coefficient (Wildman–Crippen LogP) is 8.30. The Balaban J connectivity index is 1.70. The Bertz CT molecular complexity index is 1700. The highest BCUT2D eigenvalue weighted by Gasteiger charge is 2.17. The zero-order chi connectivity index (χ0) is 23.1. The van der Waals surface area contributed by atoms with Gasteiger partial charge >= 0.3 is 0 Å². The lowest BCUT2D eigenvalue weighted by atomic mass is 10.0. The van der Waals surface area contributed by atoms with Crippen LogP contribution in [0.15, 0.2) is 115 Å². The zero-order valence-electron chi connectivity index (χ0n) is 18.9. The summed E-state index contributed by atoms with van der Waals surface area (Å²) in [6, 6.07) is 42.5. The van der Waals surface area contributed by atoms with Gasteiger partial charge in [0, 0.05) is 16.3 Å². The van der Waals surface area contributed by atoms with Crippen LogP contribution in [0.25, 0.3) is 49.7 Å². The highest BCUT2D eigenvalue weighted by Crippen LogP contribution is 2.38. The molecule has 0 saturated heterocycles. The summed E-state index contributed by atoms with van der Waals surface area (Å²) in [5.41, 5.74) is 9.84. The van der Waals surface area contributed by atoms with Crippen LogP contribution in [0.4, 0.5) is 0 Å². The molecule has 0 bridgehead atoms. The van der Waals surface area contributed by atoms with Crippen LogP contribution in [0.5, 0.6) is 0 Å². The van der Waals surface area contributed by atoms with Crippen molar-refractivity contribution in [2.45, 2.75) is 6.92 Å². The minimum Gasteiger partial charge on any atom is -0.309 e. The lowest BCUT2D eigenvalue weighted by molar-refractivity contribution is 1.18. The van der Waals surface area contributed by atoms with Gasteiger partial charge in [-0.2, -0.15) is 5.26 Å². The molecular formula is C32H22N2. The van der Waals surface area contributed by atoms with E-state index < -0.39 is 0 Å². The van der Waals surface area contributed by atoms with Crippen LogP contribution in [0.2, 0.25) is 0 Å². The molecule has 6 aromatic rings. The third kappa shape index (κ3) is 3.27. The van der Waals surface area contributed by atoms with Crippen molar-refractivity contribution in [3.8, 4) is 34.0 Å². The summed E-state index contributed by atoms with van der Waals surface area (Å²) in [5, 5.41) is 12.0. The SMILES string of the molecule is Cc1ccc2c(c1)c1cc(-c3ccccc3)ccc1n2-c1ccc(C#N)cc1-c1ccccc1. The molecule has 0 radical (unpaired) electrons. The second-order valence-corrected chi connectivity index (χ2v) is 8.66. The van der Waals surface area contributed by atoms with Gasteiger partial charge in [-0.05, 0) is 66.1 Å². The maximum atomic E-state index is 9.59. The molecule has 0 fully saturated rings. The van der Waals surface area contributed by atoms with Crippen molar-refractivity contribution in [3.63, 3.8) is 0 Å². The summed E-state index contributed by atoms with van der Waals surface area (Å²) >= 11 is 0. The maximum Gasteiger partial charge on any atom is 0.0991 e. The summed E-state index contributed by atoms with van der Waals surface area (Å²) in [6.07, 6.45) is 0. The molecule has 2 nitrogen and oxygen atoms in total. The van der Waals surface area contributed by atoms with E-state index in [4.69, 9.17) is 0 Å². The van der Waals surface area contributed by atoms with Crippen LogP contribution in [0.3, 0.4) is 0 Å². The van der Waals surface area contributed by atoms with E-state index in [2.05, 4.69) is 96.4 Å². The largest absolute Gasteiger partial charge is 0.309 e. The molecule has 160 valence electrons. The molecule has 1 heterocycles. The Morgan fingerprint density at radius 2 is 1.24 bits per heavy atom. The molecule has 0 amide bonds. The lowest BCUT2D eigenvalue weighted by Gasteiger charge is -2.15. The number of aryl methyl sites for hydroxylation is 1. The third-order valence-electron chi connectivity index (χ3n) is 6.48. The van der Waals surface area contributed by atoms with Crippen molar-refractivity contribution in [2.24, 2.45) is 0 Å². The van der Waals surface area contributed by atoms with Crippen molar-refractivity contribution in [1.29, 1.82) is 5.26 Å². The Labute approximate surface area is 199 Å². The van der Waals surface area contributed by atoms with Gasteiger partial charge in [0.2, 0.25) is 0 Å². The van der Waals surface area contributed by atoms with Gasteiger partial charge < -0.3 is 4.57 Å². The highest BCUT2D eigenvalue weighted by atomic mass is 15.0. The summed E-state index contributed by atoms with van der Waals surface area (Å²) in [6.45, 7) is 2.14. The number of nitriles is 1. The van der Waals surface area contributed by atoms with Gasteiger partial charge in [-0.1, -0.05) is 78.4 Å². The van der Waals surface area contributed by atoms with Crippen molar-refractivity contribution < 1.29 is 0 Å². The molecule has 0 spiro atoms. The van der Waals surface area contributed by atoms with Crippen molar-refractivity contribution in [2.75, 3.05) is 0 Å². The Hall–Kier alpha value is -4.61. The van der Waals surface area contributed by atoms with Gasteiger partial charge in [-0.3, -0.25) is 0 Å². The van der Waals surface area contributed by atoms with E-state index in [0.717, 1.165) is 27.8 Å². The monoisotopic (exact) mass is 434 g/mol. The van der Waals surface area contributed by atoms with Gasteiger partial charge in [0.15, 0.2) is 0 Å². The molecule has 0 aliphatic heterocycles. The quantitative estimate of drug-likeness (QED) is 0.275. The summed E-state index contributed by atoms with van der Waals surface area (Å²) in [7, 11) is 0. The first-order valence-corrected chi connectivity index (χ1v) is 11.4. The first-order chi connectivity index (χ1) is 16.7. The molecule has 0 unspecified atom stereocenters. The third-order valence-corrected chi connectivity index (χ3v) is 6.48.